The monoisotopic (exact) mass is 320 g/mol. The third kappa shape index (κ3) is 3.35. The normalized spacial score (nSPS) is 11.0. The Morgan fingerprint density at radius 2 is 1.75 bits per heavy atom. The van der Waals surface area contributed by atoms with Crippen LogP contribution in [-0.2, 0) is 24.7 Å². The molecule has 0 unspecified atom stereocenters. The topological polar surface area (TPSA) is 34.0 Å². The van der Waals surface area contributed by atoms with Crippen LogP contribution in [0.4, 0.5) is 0 Å². The summed E-state index contributed by atoms with van der Waals surface area (Å²) in [5, 5.41) is 4.33. The highest BCUT2D eigenvalue weighted by molar-refractivity contribution is 5.85. The first-order valence-electron chi connectivity index (χ1n) is 8.41. The zero-order valence-corrected chi connectivity index (χ0v) is 14.6. The number of rotatable bonds is 5. The molecule has 3 aromatic rings. The molecule has 0 aliphatic carbocycles. The molecule has 0 atom stereocenters. The summed E-state index contributed by atoms with van der Waals surface area (Å²) < 4.78 is 2.22. The van der Waals surface area contributed by atoms with Crippen LogP contribution in [0, 0.1) is 13.8 Å². The molecule has 0 fully saturated rings. The van der Waals surface area contributed by atoms with Crippen LogP contribution in [0.15, 0.2) is 48.5 Å². The highest BCUT2D eigenvalue weighted by Gasteiger charge is 2.11. The average molecular weight is 320 g/mol. The Bertz CT molecular complexity index is 859. The molecule has 0 saturated heterocycles. The first-order valence-corrected chi connectivity index (χ1v) is 8.41. The highest BCUT2D eigenvalue weighted by atomic mass is 16.1. The SMILES string of the molecule is Cc1ccc(CC(=O)NCCc2c(C)n(C)c3ccccc23)cc1. The number of para-hydroxylation sites is 1. The van der Waals surface area contributed by atoms with Crippen molar-refractivity contribution in [2.75, 3.05) is 6.54 Å². The molecular formula is C21H24N2O. The van der Waals surface area contributed by atoms with Crippen molar-refractivity contribution < 1.29 is 4.79 Å². The van der Waals surface area contributed by atoms with Gasteiger partial charge in [0, 0.05) is 30.2 Å². The van der Waals surface area contributed by atoms with E-state index in [0.29, 0.717) is 13.0 Å². The van der Waals surface area contributed by atoms with E-state index in [0.717, 1.165) is 12.0 Å². The molecular weight excluding hydrogens is 296 g/mol. The van der Waals surface area contributed by atoms with Gasteiger partial charge in [0.1, 0.15) is 0 Å². The molecule has 3 nitrogen and oxygen atoms in total. The molecule has 1 heterocycles. The van der Waals surface area contributed by atoms with E-state index < -0.39 is 0 Å². The van der Waals surface area contributed by atoms with Crippen LogP contribution < -0.4 is 5.32 Å². The van der Waals surface area contributed by atoms with Crippen LogP contribution in [-0.4, -0.2) is 17.0 Å². The van der Waals surface area contributed by atoms with Crippen LogP contribution >= 0.6 is 0 Å². The second-order valence-electron chi connectivity index (χ2n) is 6.40. The Hall–Kier alpha value is -2.55. The summed E-state index contributed by atoms with van der Waals surface area (Å²) in [5.74, 6) is 0.0803. The van der Waals surface area contributed by atoms with Gasteiger partial charge in [-0.15, -0.1) is 0 Å². The fourth-order valence-corrected chi connectivity index (χ4v) is 3.20. The van der Waals surface area contributed by atoms with Gasteiger partial charge in [-0.25, -0.2) is 0 Å². The molecule has 0 spiro atoms. The number of carbonyl (C=O) groups excluding carboxylic acids is 1. The minimum absolute atomic E-state index is 0.0803. The number of carbonyl (C=O) groups is 1. The summed E-state index contributed by atoms with van der Waals surface area (Å²) >= 11 is 0. The van der Waals surface area contributed by atoms with E-state index in [2.05, 4.69) is 55.0 Å². The van der Waals surface area contributed by atoms with Crippen LogP contribution in [0.3, 0.4) is 0 Å². The summed E-state index contributed by atoms with van der Waals surface area (Å²) in [6, 6.07) is 16.6. The van der Waals surface area contributed by atoms with Crippen molar-refractivity contribution in [3.63, 3.8) is 0 Å². The van der Waals surface area contributed by atoms with Crippen molar-refractivity contribution in [3.05, 3.63) is 70.9 Å². The van der Waals surface area contributed by atoms with E-state index in [1.54, 1.807) is 0 Å². The molecule has 0 aliphatic rings. The predicted molar refractivity (Wildman–Crippen MR) is 99.3 cm³/mol. The number of aromatic nitrogens is 1. The Labute approximate surface area is 143 Å². The Balaban J connectivity index is 1.61. The largest absolute Gasteiger partial charge is 0.355 e. The standard InChI is InChI=1S/C21H24N2O/c1-15-8-10-17(11-9-15)14-21(24)22-13-12-18-16(2)23(3)20-7-5-4-6-19(18)20/h4-11H,12-14H2,1-3H3,(H,22,24). The third-order valence-corrected chi connectivity index (χ3v) is 4.71. The lowest BCUT2D eigenvalue weighted by Gasteiger charge is -2.07. The van der Waals surface area contributed by atoms with Gasteiger partial charge in [-0.1, -0.05) is 48.0 Å². The number of nitrogens with one attached hydrogen (secondary N) is 1. The second-order valence-corrected chi connectivity index (χ2v) is 6.40. The lowest BCUT2D eigenvalue weighted by Crippen LogP contribution is -2.27. The van der Waals surface area contributed by atoms with Crippen molar-refractivity contribution in [1.29, 1.82) is 0 Å². The van der Waals surface area contributed by atoms with Crippen LogP contribution in [0.2, 0.25) is 0 Å². The second kappa shape index (κ2) is 6.91. The van der Waals surface area contributed by atoms with Gasteiger partial charge >= 0.3 is 0 Å². The van der Waals surface area contributed by atoms with Gasteiger partial charge in [-0.05, 0) is 37.5 Å². The first-order chi connectivity index (χ1) is 11.6. The van der Waals surface area contributed by atoms with Gasteiger partial charge in [-0.3, -0.25) is 4.79 Å². The van der Waals surface area contributed by atoms with Crippen molar-refractivity contribution in [2.24, 2.45) is 7.05 Å². The van der Waals surface area contributed by atoms with Crippen molar-refractivity contribution in [3.8, 4) is 0 Å². The fraction of sp³-hybridized carbons (Fsp3) is 0.286. The van der Waals surface area contributed by atoms with Crippen molar-refractivity contribution in [1.82, 2.24) is 9.88 Å². The van der Waals surface area contributed by atoms with Crippen molar-refractivity contribution >= 4 is 16.8 Å². The van der Waals surface area contributed by atoms with Gasteiger partial charge in [0.05, 0.1) is 6.42 Å². The number of nitrogens with zero attached hydrogens (tertiary/aromatic N) is 1. The maximum absolute atomic E-state index is 12.1. The van der Waals surface area contributed by atoms with E-state index in [9.17, 15) is 4.79 Å². The van der Waals surface area contributed by atoms with E-state index in [1.807, 2.05) is 24.3 Å². The number of fused-ring (bicyclic) bond motifs is 1. The van der Waals surface area contributed by atoms with E-state index in [-0.39, 0.29) is 5.91 Å². The Morgan fingerprint density at radius 3 is 2.50 bits per heavy atom. The molecule has 1 aromatic heterocycles. The minimum Gasteiger partial charge on any atom is -0.355 e. The number of aryl methyl sites for hydroxylation is 2. The third-order valence-electron chi connectivity index (χ3n) is 4.71. The molecule has 124 valence electrons. The number of benzene rings is 2. The summed E-state index contributed by atoms with van der Waals surface area (Å²) in [6.07, 6.45) is 1.29. The maximum atomic E-state index is 12.1. The van der Waals surface area contributed by atoms with Gasteiger partial charge in [0.2, 0.25) is 5.91 Å². The Morgan fingerprint density at radius 1 is 1.04 bits per heavy atom. The summed E-state index contributed by atoms with van der Waals surface area (Å²) in [7, 11) is 2.09. The molecule has 0 bridgehead atoms. The van der Waals surface area contributed by atoms with Crippen LogP contribution in [0.5, 0.6) is 0 Å². The summed E-state index contributed by atoms with van der Waals surface area (Å²) in [6.45, 7) is 4.86. The molecule has 0 radical (unpaired) electrons. The fourth-order valence-electron chi connectivity index (χ4n) is 3.20. The van der Waals surface area contributed by atoms with Gasteiger partial charge in [-0.2, -0.15) is 0 Å². The van der Waals surface area contributed by atoms with Crippen molar-refractivity contribution in [2.45, 2.75) is 26.7 Å². The summed E-state index contributed by atoms with van der Waals surface area (Å²) in [5.41, 5.74) is 6.11. The van der Waals surface area contributed by atoms with E-state index in [1.165, 1.54) is 27.7 Å². The van der Waals surface area contributed by atoms with Gasteiger partial charge < -0.3 is 9.88 Å². The quantitative estimate of drug-likeness (QED) is 0.764. The van der Waals surface area contributed by atoms with E-state index in [4.69, 9.17) is 0 Å². The summed E-state index contributed by atoms with van der Waals surface area (Å²) in [4.78, 5) is 12.1. The van der Waals surface area contributed by atoms with E-state index >= 15 is 0 Å². The molecule has 0 saturated carbocycles. The average Bonchev–Trinajstić information content (AvgIpc) is 2.82. The smallest absolute Gasteiger partial charge is 0.224 e. The van der Waals surface area contributed by atoms with Gasteiger partial charge in [0.25, 0.3) is 0 Å². The molecule has 0 aliphatic heterocycles. The maximum Gasteiger partial charge on any atom is 0.224 e. The minimum atomic E-state index is 0.0803. The number of hydrogen-bond acceptors (Lipinski definition) is 1. The molecule has 3 rings (SSSR count). The lowest BCUT2D eigenvalue weighted by atomic mass is 10.1. The highest BCUT2D eigenvalue weighted by Crippen LogP contribution is 2.24. The molecule has 2 aromatic carbocycles. The zero-order chi connectivity index (χ0) is 17.1. The van der Waals surface area contributed by atoms with Crippen LogP contribution in [0.1, 0.15) is 22.4 Å². The van der Waals surface area contributed by atoms with Crippen LogP contribution in [0.25, 0.3) is 10.9 Å². The predicted octanol–water partition coefficient (Wildman–Crippen LogP) is 3.70. The van der Waals surface area contributed by atoms with Gasteiger partial charge in [0.15, 0.2) is 0 Å². The molecule has 1 N–H and O–H groups in total. The Kier molecular flexibility index (Phi) is 4.70. The molecule has 24 heavy (non-hydrogen) atoms. The lowest BCUT2D eigenvalue weighted by molar-refractivity contribution is -0.120. The first kappa shape index (κ1) is 16.3. The number of hydrogen-bond donors (Lipinski definition) is 1. The molecule has 3 heteroatoms. The number of amides is 1. The zero-order valence-electron chi connectivity index (χ0n) is 14.6. The molecule has 1 amide bonds.